The zero-order valence-electron chi connectivity index (χ0n) is 24.1. The number of H-pyrrole nitrogens is 2. The quantitative estimate of drug-likeness (QED) is 0.109. The molecule has 13 nitrogen and oxygen atoms in total. The fraction of sp³-hybridized carbons (Fsp3) is 0.321. The Bertz CT molecular complexity index is 1780. The molecule has 45 heavy (non-hydrogen) atoms. The fourth-order valence-electron chi connectivity index (χ4n) is 4.45. The third kappa shape index (κ3) is 7.14. The SMILES string of the molecule is COc1cccc2[nH]c(C(=O)NCC(=O)NC(CCn3nc[nH]c3=O)C(=O)COc3c(F)c(F)c(C(C)(C)O)c(F)c3F)cc12. The molecule has 0 radical (unpaired) electrons. The van der Waals surface area contributed by atoms with Gasteiger partial charge in [0.1, 0.15) is 24.4 Å². The first-order chi connectivity index (χ1) is 21.2. The van der Waals surface area contributed by atoms with Crippen LogP contribution in [0.1, 0.15) is 36.3 Å². The number of aliphatic hydroxyl groups is 1. The number of halogens is 4. The Morgan fingerprint density at radius 2 is 1.80 bits per heavy atom. The third-order valence-corrected chi connectivity index (χ3v) is 6.66. The summed E-state index contributed by atoms with van der Waals surface area (Å²) in [5.41, 5.74) is -3.49. The molecule has 0 saturated carbocycles. The summed E-state index contributed by atoms with van der Waals surface area (Å²) in [7, 11) is 1.47. The second-order valence-corrected chi connectivity index (χ2v) is 10.3. The molecule has 1 unspecified atom stereocenters. The first-order valence-corrected chi connectivity index (χ1v) is 13.3. The fourth-order valence-corrected chi connectivity index (χ4v) is 4.45. The van der Waals surface area contributed by atoms with Crippen molar-refractivity contribution in [1.29, 1.82) is 0 Å². The van der Waals surface area contributed by atoms with E-state index in [2.05, 4.69) is 25.7 Å². The summed E-state index contributed by atoms with van der Waals surface area (Å²) >= 11 is 0. The Balaban J connectivity index is 1.46. The number of benzene rings is 2. The minimum Gasteiger partial charge on any atom is -0.496 e. The molecule has 0 aliphatic rings. The van der Waals surface area contributed by atoms with Gasteiger partial charge < -0.3 is 30.2 Å². The highest BCUT2D eigenvalue weighted by Gasteiger charge is 2.34. The lowest BCUT2D eigenvalue weighted by atomic mass is 9.96. The highest BCUT2D eigenvalue weighted by atomic mass is 19.2. The van der Waals surface area contributed by atoms with Gasteiger partial charge in [-0.2, -0.15) is 13.9 Å². The average Bonchev–Trinajstić information content (AvgIpc) is 3.62. The molecule has 4 aromatic rings. The van der Waals surface area contributed by atoms with E-state index in [1.807, 2.05) is 0 Å². The predicted molar refractivity (Wildman–Crippen MR) is 149 cm³/mol. The smallest absolute Gasteiger partial charge is 0.343 e. The summed E-state index contributed by atoms with van der Waals surface area (Å²) in [6, 6.07) is 5.18. The number of aromatic amines is 2. The molecule has 0 fully saturated rings. The lowest BCUT2D eigenvalue weighted by molar-refractivity contribution is -0.128. The number of methoxy groups -OCH3 is 1. The number of ether oxygens (including phenoxy) is 2. The van der Waals surface area contributed by atoms with E-state index in [0.29, 0.717) is 16.7 Å². The second-order valence-electron chi connectivity index (χ2n) is 10.3. The first kappa shape index (κ1) is 32.7. The summed E-state index contributed by atoms with van der Waals surface area (Å²) in [6.07, 6.45) is 0.807. The number of hydrogen-bond acceptors (Lipinski definition) is 8. The van der Waals surface area contributed by atoms with Crippen molar-refractivity contribution in [1.82, 2.24) is 30.4 Å². The van der Waals surface area contributed by atoms with Crippen LogP contribution < -0.4 is 25.8 Å². The van der Waals surface area contributed by atoms with E-state index in [1.54, 1.807) is 18.2 Å². The lowest BCUT2D eigenvalue weighted by Gasteiger charge is -2.22. The first-order valence-electron chi connectivity index (χ1n) is 13.3. The molecular formula is C28H28F4N6O7. The number of fused-ring (bicyclic) bond motifs is 1. The van der Waals surface area contributed by atoms with Crippen LogP contribution in [-0.2, 0) is 21.7 Å². The van der Waals surface area contributed by atoms with Crippen molar-refractivity contribution in [2.75, 3.05) is 20.3 Å². The van der Waals surface area contributed by atoms with Crippen LogP contribution in [0.5, 0.6) is 11.5 Å². The molecule has 240 valence electrons. The lowest BCUT2D eigenvalue weighted by Crippen LogP contribution is -2.47. The molecule has 2 amide bonds. The number of nitrogens with zero attached hydrogens (tertiary/aromatic N) is 2. The van der Waals surface area contributed by atoms with E-state index in [0.717, 1.165) is 24.9 Å². The van der Waals surface area contributed by atoms with E-state index in [1.165, 1.54) is 13.2 Å². The standard InChI is InChI=1S/C28H28F4N6O7/c1-28(2,43)20-21(29)23(31)25(24(32)22(20)30)45-11-17(39)15(7-8-38-27(42)34-12-35-38)37-19(40)10-33-26(41)16-9-13-14(36-16)5-4-6-18(13)44-3/h4-6,9,12,15,36,43H,7-8,10-11H2,1-3H3,(H,33,41)(H,37,40)(H,34,35,42). The second kappa shape index (κ2) is 13.2. The van der Waals surface area contributed by atoms with Crippen molar-refractivity contribution in [2.24, 2.45) is 0 Å². The van der Waals surface area contributed by atoms with Crippen molar-refractivity contribution < 1.29 is 46.5 Å². The van der Waals surface area contributed by atoms with Gasteiger partial charge in [0.2, 0.25) is 17.5 Å². The van der Waals surface area contributed by atoms with Crippen LogP contribution in [0.4, 0.5) is 17.6 Å². The van der Waals surface area contributed by atoms with Gasteiger partial charge in [0.05, 0.1) is 30.9 Å². The molecule has 0 aliphatic carbocycles. The van der Waals surface area contributed by atoms with Gasteiger partial charge >= 0.3 is 5.69 Å². The summed E-state index contributed by atoms with van der Waals surface area (Å²) in [4.78, 5) is 55.4. The van der Waals surface area contributed by atoms with E-state index in [-0.39, 0.29) is 18.7 Å². The molecule has 0 saturated heterocycles. The van der Waals surface area contributed by atoms with Crippen molar-refractivity contribution in [3.63, 3.8) is 0 Å². The number of rotatable bonds is 13. The van der Waals surface area contributed by atoms with Crippen molar-refractivity contribution in [3.05, 3.63) is 75.6 Å². The summed E-state index contributed by atoms with van der Waals surface area (Å²) < 4.78 is 69.2. The topological polar surface area (TPSA) is 180 Å². The van der Waals surface area contributed by atoms with E-state index < -0.39 is 82.7 Å². The summed E-state index contributed by atoms with van der Waals surface area (Å²) in [5, 5.41) is 19.0. The maximum atomic E-state index is 14.6. The van der Waals surface area contributed by atoms with E-state index >= 15 is 0 Å². The van der Waals surface area contributed by atoms with Crippen LogP contribution in [0.3, 0.4) is 0 Å². The van der Waals surface area contributed by atoms with Gasteiger partial charge in [-0.25, -0.2) is 18.3 Å². The predicted octanol–water partition coefficient (Wildman–Crippen LogP) is 1.80. The zero-order valence-corrected chi connectivity index (χ0v) is 24.1. The largest absolute Gasteiger partial charge is 0.496 e. The maximum Gasteiger partial charge on any atom is 0.343 e. The summed E-state index contributed by atoms with van der Waals surface area (Å²) in [6.45, 7) is -0.173. The minimum atomic E-state index is -2.29. The Kier molecular flexibility index (Phi) is 9.60. The number of nitrogens with one attached hydrogen (secondary N) is 4. The number of aromatic nitrogens is 4. The van der Waals surface area contributed by atoms with Crippen LogP contribution in [-0.4, -0.2) is 68.8 Å². The minimum absolute atomic E-state index is 0.111. The van der Waals surface area contributed by atoms with Gasteiger partial charge in [-0.15, -0.1) is 0 Å². The number of hydrogen-bond donors (Lipinski definition) is 5. The third-order valence-electron chi connectivity index (χ3n) is 6.66. The van der Waals surface area contributed by atoms with Gasteiger partial charge in [-0.3, -0.25) is 19.4 Å². The number of amides is 2. The van der Waals surface area contributed by atoms with Crippen LogP contribution in [0.25, 0.3) is 10.9 Å². The Hall–Kier alpha value is -5.19. The number of aryl methyl sites for hydroxylation is 1. The number of Topliss-reactive ketones (excluding diaryl/α,β-unsaturated/α-hetero) is 1. The van der Waals surface area contributed by atoms with Crippen molar-refractivity contribution in [3.8, 4) is 11.5 Å². The molecule has 2 aromatic heterocycles. The van der Waals surface area contributed by atoms with E-state index in [4.69, 9.17) is 9.47 Å². The van der Waals surface area contributed by atoms with E-state index in [9.17, 15) is 41.8 Å². The molecule has 5 N–H and O–H groups in total. The molecule has 1 atom stereocenters. The maximum absolute atomic E-state index is 14.6. The van der Waals surface area contributed by atoms with Gasteiger partial charge in [-0.05, 0) is 38.5 Å². The Morgan fingerprint density at radius 1 is 1.11 bits per heavy atom. The van der Waals surface area contributed by atoms with Gasteiger partial charge in [0.15, 0.2) is 23.2 Å². The van der Waals surface area contributed by atoms with Crippen molar-refractivity contribution >= 4 is 28.5 Å². The average molecular weight is 637 g/mol. The molecule has 0 aliphatic heterocycles. The van der Waals surface area contributed by atoms with Gasteiger partial charge in [0.25, 0.3) is 5.91 Å². The zero-order chi connectivity index (χ0) is 33.1. The number of ketones is 1. The van der Waals surface area contributed by atoms with Crippen LogP contribution >= 0.6 is 0 Å². The van der Waals surface area contributed by atoms with Crippen LogP contribution in [0.2, 0.25) is 0 Å². The van der Waals surface area contributed by atoms with Crippen molar-refractivity contribution in [2.45, 2.75) is 38.5 Å². The Labute approximate surface area is 251 Å². The molecule has 0 spiro atoms. The summed E-state index contributed by atoms with van der Waals surface area (Å²) in [5.74, 6) is -11.4. The number of carbonyl (C=O) groups is 3. The molecular weight excluding hydrogens is 608 g/mol. The Morgan fingerprint density at radius 3 is 2.40 bits per heavy atom. The van der Waals surface area contributed by atoms with Gasteiger partial charge in [-0.1, -0.05) is 6.07 Å². The molecule has 17 heteroatoms. The number of carbonyl (C=O) groups excluding carboxylic acids is 3. The molecule has 2 heterocycles. The monoisotopic (exact) mass is 636 g/mol. The highest BCUT2D eigenvalue weighted by molar-refractivity contribution is 6.01. The molecule has 2 aromatic carbocycles. The van der Waals surface area contributed by atoms with Gasteiger partial charge in [0, 0.05) is 17.4 Å². The molecule has 0 bridgehead atoms. The molecule has 4 rings (SSSR count). The van der Waals surface area contributed by atoms with Crippen LogP contribution in [0, 0.1) is 23.3 Å². The normalized spacial score (nSPS) is 12.2. The highest BCUT2D eigenvalue weighted by Crippen LogP contribution is 2.35. The van der Waals surface area contributed by atoms with Crippen LogP contribution in [0.15, 0.2) is 35.4 Å².